The number of nitrogens with two attached hydrogens (primary N) is 1. The van der Waals surface area contributed by atoms with Gasteiger partial charge in [0.05, 0.1) is 11.2 Å². The number of aromatic nitrogens is 1. The minimum absolute atomic E-state index is 0.925. The highest BCUT2D eigenvalue weighted by atomic mass is 15.2. The number of hydrogen-bond acceptors (Lipinski definition) is 3. The molecule has 0 saturated carbocycles. The van der Waals surface area contributed by atoms with Crippen LogP contribution in [0, 0.1) is 6.92 Å². The Morgan fingerprint density at radius 3 is 2.68 bits per heavy atom. The van der Waals surface area contributed by atoms with E-state index in [1.807, 2.05) is 0 Å². The molecule has 0 spiro atoms. The first kappa shape index (κ1) is 13.8. The molecule has 0 aliphatic rings. The number of unbranched alkanes of at least 4 members (excludes halogenated alkanes) is 1. The summed E-state index contributed by atoms with van der Waals surface area (Å²) in [5.74, 6) is 5.71. The second-order valence-electron chi connectivity index (χ2n) is 5.01. The van der Waals surface area contributed by atoms with E-state index in [0.717, 1.165) is 40.7 Å². The number of benzene rings is 1. The topological polar surface area (TPSA) is 50.9 Å². The van der Waals surface area contributed by atoms with Gasteiger partial charge in [-0.15, -0.1) is 0 Å². The van der Waals surface area contributed by atoms with Gasteiger partial charge in [-0.1, -0.05) is 26.3 Å². The molecule has 0 unspecified atom stereocenters. The number of nitrogen functional groups attached to an aromatic ring is 1. The number of hydrogen-bond donors (Lipinski definition) is 2. The van der Waals surface area contributed by atoms with Crippen molar-refractivity contribution in [1.29, 1.82) is 0 Å². The number of aryl methyl sites for hydroxylation is 2. The van der Waals surface area contributed by atoms with Gasteiger partial charge in [-0.25, -0.2) is 0 Å². The van der Waals surface area contributed by atoms with Crippen LogP contribution in [-0.2, 0) is 12.8 Å². The fourth-order valence-corrected chi connectivity index (χ4v) is 2.52. The van der Waals surface area contributed by atoms with Crippen LogP contribution in [0.4, 0.5) is 5.69 Å². The van der Waals surface area contributed by atoms with E-state index in [4.69, 9.17) is 10.8 Å². The molecule has 0 saturated heterocycles. The molecule has 0 radical (unpaired) electrons. The van der Waals surface area contributed by atoms with Gasteiger partial charge in [-0.3, -0.25) is 10.8 Å². The molecule has 3 heteroatoms. The van der Waals surface area contributed by atoms with Gasteiger partial charge in [0.2, 0.25) is 0 Å². The summed E-state index contributed by atoms with van der Waals surface area (Å²) in [6, 6.07) is 6.51. The van der Waals surface area contributed by atoms with E-state index in [9.17, 15) is 0 Å². The van der Waals surface area contributed by atoms with Crippen LogP contribution >= 0.6 is 0 Å². The third-order valence-corrected chi connectivity index (χ3v) is 3.69. The van der Waals surface area contributed by atoms with Crippen LogP contribution in [0.5, 0.6) is 0 Å². The lowest BCUT2D eigenvalue weighted by Crippen LogP contribution is -2.11. The lowest BCUT2D eigenvalue weighted by molar-refractivity contribution is 0.796. The van der Waals surface area contributed by atoms with Crippen molar-refractivity contribution >= 4 is 16.6 Å². The average Bonchev–Trinajstić information content (AvgIpc) is 2.44. The number of nitrogens with one attached hydrogen (secondary N) is 1. The first-order chi connectivity index (χ1) is 9.21. The molecule has 19 heavy (non-hydrogen) atoms. The normalized spacial score (nSPS) is 10.9. The van der Waals surface area contributed by atoms with Gasteiger partial charge >= 0.3 is 0 Å². The van der Waals surface area contributed by atoms with Gasteiger partial charge in [-0.05, 0) is 49.4 Å². The molecule has 0 aliphatic heterocycles. The van der Waals surface area contributed by atoms with E-state index in [-0.39, 0.29) is 0 Å². The van der Waals surface area contributed by atoms with Gasteiger partial charge in [0.25, 0.3) is 0 Å². The third-order valence-electron chi connectivity index (χ3n) is 3.69. The van der Waals surface area contributed by atoms with Gasteiger partial charge < -0.3 is 5.43 Å². The molecule has 1 aromatic heterocycles. The average molecular weight is 257 g/mol. The molecule has 1 aromatic carbocycles. The largest absolute Gasteiger partial charge is 0.323 e. The molecule has 2 aromatic rings. The molecule has 0 amide bonds. The van der Waals surface area contributed by atoms with E-state index in [0.29, 0.717) is 0 Å². The SMILES string of the molecule is CCCCc1ccc2nc(CC)c(C)c(NN)c2c1. The van der Waals surface area contributed by atoms with Crippen molar-refractivity contribution in [2.75, 3.05) is 5.43 Å². The summed E-state index contributed by atoms with van der Waals surface area (Å²) in [4.78, 5) is 4.73. The zero-order valence-corrected chi connectivity index (χ0v) is 12.1. The predicted molar refractivity (Wildman–Crippen MR) is 82.3 cm³/mol. The van der Waals surface area contributed by atoms with Gasteiger partial charge in [0, 0.05) is 11.1 Å². The van der Waals surface area contributed by atoms with E-state index < -0.39 is 0 Å². The Morgan fingerprint density at radius 1 is 1.26 bits per heavy atom. The summed E-state index contributed by atoms with van der Waals surface area (Å²) in [5, 5.41) is 1.13. The Labute approximate surface area is 115 Å². The predicted octanol–water partition coefficient (Wildman–Crippen LogP) is 3.73. The zero-order valence-electron chi connectivity index (χ0n) is 12.1. The first-order valence-corrected chi connectivity index (χ1v) is 7.10. The minimum Gasteiger partial charge on any atom is -0.323 e. The molecular formula is C16H23N3. The summed E-state index contributed by atoms with van der Waals surface area (Å²) >= 11 is 0. The Balaban J connectivity index is 2.57. The summed E-state index contributed by atoms with van der Waals surface area (Å²) in [5.41, 5.74) is 8.52. The van der Waals surface area contributed by atoms with Crippen molar-refractivity contribution in [2.45, 2.75) is 46.5 Å². The minimum atomic E-state index is 0.925. The second kappa shape index (κ2) is 6.02. The lowest BCUT2D eigenvalue weighted by Gasteiger charge is -2.14. The molecule has 3 nitrogen and oxygen atoms in total. The van der Waals surface area contributed by atoms with Crippen LogP contribution in [0.25, 0.3) is 10.9 Å². The number of anilines is 1. The van der Waals surface area contributed by atoms with Crippen LogP contribution in [0.1, 0.15) is 43.5 Å². The molecule has 0 fully saturated rings. The molecule has 0 atom stereocenters. The number of hydrazine groups is 1. The number of pyridine rings is 1. The monoisotopic (exact) mass is 257 g/mol. The van der Waals surface area contributed by atoms with Crippen molar-refractivity contribution in [3.63, 3.8) is 0 Å². The zero-order chi connectivity index (χ0) is 13.8. The van der Waals surface area contributed by atoms with Gasteiger partial charge in [0.15, 0.2) is 0 Å². The molecule has 102 valence electrons. The van der Waals surface area contributed by atoms with Crippen molar-refractivity contribution in [3.8, 4) is 0 Å². The van der Waals surface area contributed by atoms with Crippen LogP contribution in [0.2, 0.25) is 0 Å². The Bertz CT molecular complexity index is 576. The molecule has 3 N–H and O–H groups in total. The van der Waals surface area contributed by atoms with Crippen LogP contribution < -0.4 is 11.3 Å². The van der Waals surface area contributed by atoms with E-state index in [2.05, 4.69) is 44.4 Å². The molecular weight excluding hydrogens is 234 g/mol. The number of fused-ring (bicyclic) bond motifs is 1. The maximum atomic E-state index is 5.71. The van der Waals surface area contributed by atoms with Crippen molar-refractivity contribution < 1.29 is 0 Å². The van der Waals surface area contributed by atoms with E-state index >= 15 is 0 Å². The second-order valence-corrected chi connectivity index (χ2v) is 5.01. The Kier molecular flexibility index (Phi) is 4.38. The highest BCUT2D eigenvalue weighted by Crippen LogP contribution is 2.28. The van der Waals surface area contributed by atoms with Crippen LogP contribution in [0.3, 0.4) is 0 Å². The van der Waals surface area contributed by atoms with Crippen LogP contribution in [0.15, 0.2) is 18.2 Å². The molecule has 1 heterocycles. The summed E-state index contributed by atoms with van der Waals surface area (Å²) in [6.07, 6.45) is 4.47. The van der Waals surface area contributed by atoms with Gasteiger partial charge in [0.1, 0.15) is 0 Å². The van der Waals surface area contributed by atoms with Crippen molar-refractivity contribution in [2.24, 2.45) is 5.84 Å². The fraction of sp³-hybridized carbons (Fsp3) is 0.438. The van der Waals surface area contributed by atoms with Crippen molar-refractivity contribution in [3.05, 3.63) is 35.0 Å². The third kappa shape index (κ3) is 2.71. The highest BCUT2D eigenvalue weighted by Gasteiger charge is 2.10. The van der Waals surface area contributed by atoms with Gasteiger partial charge in [-0.2, -0.15) is 0 Å². The Morgan fingerprint density at radius 2 is 2.05 bits per heavy atom. The first-order valence-electron chi connectivity index (χ1n) is 7.10. The summed E-state index contributed by atoms with van der Waals surface area (Å²) < 4.78 is 0. The highest BCUT2D eigenvalue weighted by molar-refractivity contribution is 5.93. The maximum absolute atomic E-state index is 5.71. The fourth-order valence-electron chi connectivity index (χ4n) is 2.52. The van der Waals surface area contributed by atoms with E-state index in [1.54, 1.807) is 0 Å². The van der Waals surface area contributed by atoms with Crippen molar-refractivity contribution in [1.82, 2.24) is 4.98 Å². The van der Waals surface area contributed by atoms with E-state index in [1.165, 1.54) is 18.4 Å². The Hall–Kier alpha value is -1.61. The number of nitrogens with zero attached hydrogens (tertiary/aromatic N) is 1. The quantitative estimate of drug-likeness (QED) is 0.634. The summed E-state index contributed by atoms with van der Waals surface area (Å²) in [6.45, 7) is 6.42. The summed E-state index contributed by atoms with van der Waals surface area (Å²) in [7, 11) is 0. The molecule has 0 aliphatic carbocycles. The number of rotatable bonds is 5. The molecule has 0 bridgehead atoms. The smallest absolute Gasteiger partial charge is 0.0726 e. The van der Waals surface area contributed by atoms with Crippen LogP contribution in [-0.4, -0.2) is 4.98 Å². The lowest BCUT2D eigenvalue weighted by atomic mass is 10.0. The molecule has 2 rings (SSSR count). The standard InChI is InChI=1S/C16H23N3/c1-4-6-7-12-8-9-15-13(10-12)16(19-17)11(3)14(5-2)18-15/h8-10H,4-7,17H2,1-3H3,(H,18,19). The maximum Gasteiger partial charge on any atom is 0.0726 e.